The summed E-state index contributed by atoms with van der Waals surface area (Å²) in [6.07, 6.45) is 4.76. The van der Waals surface area contributed by atoms with Gasteiger partial charge < -0.3 is 10.6 Å². The molecule has 0 fully saturated rings. The molecule has 1 aromatic heterocycles. The van der Waals surface area contributed by atoms with Crippen LogP contribution in [0.4, 0.5) is 5.82 Å². The van der Waals surface area contributed by atoms with Crippen LogP contribution in [0.5, 0.6) is 0 Å². The molecule has 102 valence electrons. The Labute approximate surface area is 114 Å². The highest BCUT2D eigenvalue weighted by molar-refractivity contribution is 7.98. The second-order valence-corrected chi connectivity index (χ2v) is 6.03. The highest BCUT2D eigenvalue weighted by atomic mass is 32.2. The lowest BCUT2D eigenvalue weighted by Crippen LogP contribution is -2.39. The third-order valence-electron chi connectivity index (χ3n) is 2.83. The number of nitrogens with two attached hydrogens (primary N) is 1. The van der Waals surface area contributed by atoms with E-state index in [0.29, 0.717) is 6.54 Å². The molecule has 0 spiro atoms. The average Bonchev–Trinajstić information content (AvgIpc) is 2.38. The molecule has 18 heavy (non-hydrogen) atoms. The van der Waals surface area contributed by atoms with E-state index in [2.05, 4.69) is 35.6 Å². The van der Waals surface area contributed by atoms with Crippen molar-refractivity contribution in [3.05, 3.63) is 12.4 Å². The van der Waals surface area contributed by atoms with E-state index in [-0.39, 0.29) is 5.41 Å². The molecule has 1 heterocycles. The molecule has 0 saturated carbocycles. The van der Waals surface area contributed by atoms with Crippen molar-refractivity contribution in [2.24, 2.45) is 11.1 Å². The fraction of sp³-hybridized carbons (Fsp3) is 0.692. The molecule has 5 heteroatoms. The second kappa shape index (κ2) is 6.95. The van der Waals surface area contributed by atoms with Gasteiger partial charge in [0.1, 0.15) is 17.2 Å². The molecule has 0 aliphatic rings. The Morgan fingerprint density at radius 1 is 1.39 bits per heavy atom. The Hall–Kier alpha value is -0.810. The first-order valence-electron chi connectivity index (χ1n) is 6.33. The van der Waals surface area contributed by atoms with Crippen LogP contribution in [-0.4, -0.2) is 35.9 Å². The first-order chi connectivity index (χ1) is 8.52. The number of anilines is 1. The van der Waals surface area contributed by atoms with Gasteiger partial charge in [-0.15, -0.1) is 11.8 Å². The summed E-state index contributed by atoms with van der Waals surface area (Å²) in [5.41, 5.74) is 5.92. The highest BCUT2D eigenvalue weighted by Crippen LogP contribution is 2.22. The van der Waals surface area contributed by atoms with Crippen LogP contribution in [0.25, 0.3) is 0 Å². The summed E-state index contributed by atoms with van der Waals surface area (Å²) in [5, 5.41) is 1.01. The Kier molecular flexibility index (Phi) is 5.88. The summed E-state index contributed by atoms with van der Waals surface area (Å²) < 4.78 is 0. The van der Waals surface area contributed by atoms with Crippen LogP contribution in [-0.2, 0) is 0 Å². The average molecular weight is 268 g/mol. The zero-order valence-electron chi connectivity index (χ0n) is 11.8. The van der Waals surface area contributed by atoms with Crippen molar-refractivity contribution in [1.82, 2.24) is 9.97 Å². The van der Waals surface area contributed by atoms with Gasteiger partial charge in [-0.3, -0.25) is 0 Å². The van der Waals surface area contributed by atoms with Gasteiger partial charge in [-0.25, -0.2) is 9.97 Å². The molecule has 0 aromatic carbocycles. The van der Waals surface area contributed by atoms with Gasteiger partial charge in [0, 0.05) is 19.2 Å². The van der Waals surface area contributed by atoms with Crippen LogP contribution in [0, 0.1) is 5.41 Å². The third kappa shape index (κ3) is 4.46. The summed E-state index contributed by atoms with van der Waals surface area (Å²) in [7, 11) is 0. The lowest BCUT2D eigenvalue weighted by Gasteiger charge is -2.32. The van der Waals surface area contributed by atoms with E-state index in [1.807, 2.05) is 12.3 Å². The number of nitrogens with zero attached hydrogens (tertiary/aromatic N) is 3. The number of hydrogen-bond acceptors (Lipinski definition) is 5. The molecule has 0 aliphatic carbocycles. The van der Waals surface area contributed by atoms with Gasteiger partial charge in [-0.05, 0) is 24.6 Å². The molecule has 0 saturated heterocycles. The Morgan fingerprint density at radius 2 is 2.11 bits per heavy atom. The highest BCUT2D eigenvalue weighted by Gasteiger charge is 2.21. The standard InChI is InChI=1S/C13H24N4S/c1-5-6-17(9-13(2,3)8-14)11-7-12(18-4)16-10-15-11/h7,10H,5-6,8-9,14H2,1-4H3. The summed E-state index contributed by atoms with van der Waals surface area (Å²) in [4.78, 5) is 10.9. The Bertz CT molecular complexity index is 368. The maximum absolute atomic E-state index is 5.82. The molecule has 0 radical (unpaired) electrons. The number of aromatic nitrogens is 2. The minimum atomic E-state index is 0.0969. The van der Waals surface area contributed by atoms with Crippen molar-refractivity contribution in [3.63, 3.8) is 0 Å². The summed E-state index contributed by atoms with van der Waals surface area (Å²) >= 11 is 1.64. The molecule has 0 atom stereocenters. The second-order valence-electron chi connectivity index (χ2n) is 5.21. The van der Waals surface area contributed by atoms with E-state index in [0.717, 1.165) is 30.4 Å². The quantitative estimate of drug-likeness (QED) is 0.608. The van der Waals surface area contributed by atoms with Crippen LogP contribution in [0.15, 0.2) is 17.4 Å². The van der Waals surface area contributed by atoms with Crippen molar-refractivity contribution < 1.29 is 0 Å². The van der Waals surface area contributed by atoms with Crippen molar-refractivity contribution >= 4 is 17.6 Å². The predicted molar refractivity (Wildman–Crippen MR) is 79.2 cm³/mol. The number of hydrogen-bond donors (Lipinski definition) is 1. The van der Waals surface area contributed by atoms with E-state index in [1.165, 1.54) is 0 Å². The lowest BCUT2D eigenvalue weighted by atomic mass is 9.93. The van der Waals surface area contributed by atoms with Gasteiger partial charge in [-0.2, -0.15) is 0 Å². The van der Waals surface area contributed by atoms with E-state index in [1.54, 1.807) is 18.1 Å². The lowest BCUT2D eigenvalue weighted by molar-refractivity contribution is 0.376. The zero-order valence-corrected chi connectivity index (χ0v) is 12.6. The van der Waals surface area contributed by atoms with Crippen LogP contribution in [0.2, 0.25) is 0 Å². The largest absolute Gasteiger partial charge is 0.356 e. The molecule has 0 aliphatic heterocycles. The molecule has 2 N–H and O–H groups in total. The molecular weight excluding hydrogens is 244 g/mol. The van der Waals surface area contributed by atoms with E-state index in [9.17, 15) is 0 Å². The van der Waals surface area contributed by atoms with Gasteiger partial charge in [0.25, 0.3) is 0 Å². The van der Waals surface area contributed by atoms with E-state index in [4.69, 9.17) is 5.73 Å². The predicted octanol–water partition coefficient (Wildman–Crippen LogP) is 2.40. The minimum Gasteiger partial charge on any atom is -0.356 e. The Balaban J connectivity index is 2.89. The summed E-state index contributed by atoms with van der Waals surface area (Å²) in [5.74, 6) is 0.998. The number of rotatable bonds is 7. The molecule has 1 aromatic rings. The number of thioether (sulfide) groups is 1. The normalized spacial score (nSPS) is 11.6. The van der Waals surface area contributed by atoms with Gasteiger partial charge in [0.05, 0.1) is 0 Å². The molecular formula is C13H24N4S. The molecule has 4 nitrogen and oxygen atoms in total. The van der Waals surface area contributed by atoms with Crippen molar-refractivity contribution in [1.29, 1.82) is 0 Å². The summed E-state index contributed by atoms with van der Waals surface area (Å²) in [6, 6.07) is 2.05. The zero-order chi connectivity index (χ0) is 13.6. The van der Waals surface area contributed by atoms with Crippen LogP contribution < -0.4 is 10.6 Å². The van der Waals surface area contributed by atoms with Crippen LogP contribution in [0.1, 0.15) is 27.2 Å². The molecule has 1 rings (SSSR count). The monoisotopic (exact) mass is 268 g/mol. The molecule has 0 bridgehead atoms. The van der Waals surface area contributed by atoms with Crippen molar-refractivity contribution in [2.75, 3.05) is 30.8 Å². The van der Waals surface area contributed by atoms with E-state index < -0.39 is 0 Å². The van der Waals surface area contributed by atoms with E-state index >= 15 is 0 Å². The fourth-order valence-electron chi connectivity index (χ4n) is 1.74. The smallest absolute Gasteiger partial charge is 0.133 e. The topological polar surface area (TPSA) is 55.0 Å². The van der Waals surface area contributed by atoms with Crippen LogP contribution in [0.3, 0.4) is 0 Å². The van der Waals surface area contributed by atoms with Gasteiger partial charge >= 0.3 is 0 Å². The van der Waals surface area contributed by atoms with Crippen LogP contribution >= 0.6 is 11.8 Å². The maximum atomic E-state index is 5.82. The fourth-order valence-corrected chi connectivity index (χ4v) is 2.12. The summed E-state index contributed by atoms with van der Waals surface area (Å²) in [6.45, 7) is 9.14. The molecule has 0 unspecified atom stereocenters. The molecule has 0 amide bonds. The SMILES string of the molecule is CCCN(CC(C)(C)CN)c1cc(SC)ncn1. The third-order valence-corrected chi connectivity index (χ3v) is 3.47. The van der Waals surface area contributed by atoms with Gasteiger partial charge in [0.15, 0.2) is 0 Å². The van der Waals surface area contributed by atoms with Gasteiger partial charge in [0.2, 0.25) is 0 Å². The first-order valence-corrected chi connectivity index (χ1v) is 7.56. The van der Waals surface area contributed by atoms with Crippen molar-refractivity contribution in [3.8, 4) is 0 Å². The minimum absolute atomic E-state index is 0.0969. The maximum Gasteiger partial charge on any atom is 0.133 e. The Morgan fingerprint density at radius 3 is 2.67 bits per heavy atom. The van der Waals surface area contributed by atoms with Crippen molar-refractivity contribution in [2.45, 2.75) is 32.2 Å². The van der Waals surface area contributed by atoms with Gasteiger partial charge in [-0.1, -0.05) is 20.8 Å². The first kappa shape index (κ1) is 15.2.